The predicted molar refractivity (Wildman–Crippen MR) is 160 cm³/mol. The van der Waals surface area contributed by atoms with E-state index in [2.05, 4.69) is 21.2 Å². The zero-order valence-corrected chi connectivity index (χ0v) is 27.6. The van der Waals surface area contributed by atoms with Crippen molar-refractivity contribution in [1.82, 2.24) is 14.8 Å². The van der Waals surface area contributed by atoms with E-state index in [0.717, 1.165) is 21.5 Å². The van der Waals surface area contributed by atoms with Gasteiger partial charge in [0.15, 0.2) is 0 Å². The molecule has 2 atom stereocenters. The highest BCUT2D eigenvalue weighted by Gasteiger charge is 2.50. The molecule has 0 aliphatic carbocycles. The number of benzene rings is 1. The molecule has 1 N–H and O–H groups in total. The van der Waals surface area contributed by atoms with E-state index in [-0.39, 0.29) is 51.9 Å². The van der Waals surface area contributed by atoms with Crippen LogP contribution in [0.4, 0.5) is 31.1 Å². The molecule has 1 aliphatic rings. The lowest BCUT2D eigenvalue weighted by atomic mass is 9.90. The minimum atomic E-state index is -5.27. The molecule has 14 heteroatoms. The van der Waals surface area contributed by atoms with E-state index in [4.69, 9.17) is 9.47 Å². The molecule has 1 saturated heterocycles. The molecule has 0 bridgehead atoms. The maximum atomic E-state index is 14.4. The Hall–Kier alpha value is -2.74. The quantitative estimate of drug-likeness (QED) is 0.201. The highest BCUT2D eigenvalue weighted by Crippen LogP contribution is 2.48. The summed E-state index contributed by atoms with van der Waals surface area (Å²) in [6.07, 6.45) is -10.5. The first-order valence-corrected chi connectivity index (χ1v) is 15.5. The van der Waals surface area contributed by atoms with Crippen LogP contribution in [0, 0.1) is 6.92 Å². The number of piperidine rings is 1. The van der Waals surface area contributed by atoms with Gasteiger partial charge in [-0.25, -0.2) is 4.79 Å². The second-order valence-corrected chi connectivity index (χ2v) is 13.2. The van der Waals surface area contributed by atoms with E-state index in [1.54, 1.807) is 20.8 Å². The van der Waals surface area contributed by atoms with Crippen molar-refractivity contribution in [3.63, 3.8) is 0 Å². The standard InChI is InChI=1S/C31H40BrF6N3O4/c1-19-25(30(33,34)35)26(31(36,37)38)27(41(19)14-7-15-44-5)21-8-6-13-40(18-21)24(42)17-23(39-28(43)45-29(2,3)4)16-20-9-11-22(32)12-10-20/h9-12,21,23H,6-8,13-18H2,1-5H3,(H,39,43)/t21-,23-/m1/s1. The molecule has 2 heterocycles. The van der Waals surface area contributed by atoms with Crippen LogP contribution in [-0.4, -0.2) is 59.9 Å². The van der Waals surface area contributed by atoms with Gasteiger partial charge in [0.1, 0.15) is 5.60 Å². The van der Waals surface area contributed by atoms with Gasteiger partial charge in [-0.05, 0) is 71.1 Å². The number of hydrogen-bond acceptors (Lipinski definition) is 4. The van der Waals surface area contributed by atoms with Gasteiger partial charge in [0.2, 0.25) is 5.91 Å². The summed E-state index contributed by atoms with van der Waals surface area (Å²) in [5, 5.41) is 2.73. The molecule has 2 aromatic rings. The van der Waals surface area contributed by atoms with Crippen molar-refractivity contribution in [2.24, 2.45) is 0 Å². The normalized spacial score (nSPS) is 16.9. The largest absolute Gasteiger partial charge is 0.444 e. The number of hydrogen-bond donors (Lipinski definition) is 1. The number of ether oxygens (including phenoxy) is 2. The first-order chi connectivity index (χ1) is 20.8. The summed E-state index contributed by atoms with van der Waals surface area (Å²) in [6.45, 7) is 6.22. The molecule has 252 valence electrons. The minimum Gasteiger partial charge on any atom is -0.444 e. The Bertz CT molecular complexity index is 1320. The summed E-state index contributed by atoms with van der Waals surface area (Å²) in [5.41, 5.74) is -4.33. The minimum absolute atomic E-state index is 0.103. The van der Waals surface area contributed by atoms with Crippen molar-refractivity contribution >= 4 is 27.9 Å². The second-order valence-electron chi connectivity index (χ2n) is 12.3. The van der Waals surface area contributed by atoms with Crippen LogP contribution >= 0.6 is 15.9 Å². The van der Waals surface area contributed by atoms with Gasteiger partial charge in [0.25, 0.3) is 0 Å². The zero-order valence-electron chi connectivity index (χ0n) is 26.0. The number of alkyl halides is 6. The van der Waals surface area contributed by atoms with Crippen molar-refractivity contribution < 1.29 is 45.4 Å². The molecule has 45 heavy (non-hydrogen) atoms. The van der Waals surface area contributed by atoms with Gasteiger partial charge in [-0.2, -0.15) is 26.3 Å². The number of aromatic nitrogens is 1. The summed E-state index contributed by atoms with van der Waals surface area (Å²) in [5.74, 6) is -1.42. The molecule has 7 nitrogen and oxygen atoms in total. The Morgan fingerprint density at radius 3 is 2.22 bits per heavy atom. The van der Waals surface area contributed by atoms with Gasteiger partial charge in [-0.3, -0.25) is 4.79 Å². The molecule has 1 aromatic heterocycles. The fraction of sp³-hybridized carbons (Fsp3) is 0.613. The molecule has 1 fully saturated rings. The van der Waals surface area contributed by atoms with Gasteiger partial charge in [0, 0.05) is 67.6 Å². The number of methoxy groups -OCH3 is 1. The number of halogens is 7. The van der Waals surface area contributed by atoms with E-state index < -0.39 is 64.4 Å². The van der Waals surface area contributed by atoms with Crippen molar-refractivity contribution in [3.8, 4) is 0 Å². The molecule has 1 aliphatic heterocycles. The van der Waals surface area contributed by atoms with Crippen LogP contribution in [0.1, 0.15) is 80.5 Å². The van der Waals surface area contributed by atoms with E-state index in [9.17, 15) is 35.9 Å². The topological polar surface area (TPSA) is 72.8 Å². The number of nitrogens with zero attached hydrogens (tertiary/aromatic N) is 2. The highest BCUT2D eigenvalue weighted by atomic mass is 79.9. The SMILES string of the molecule is COCCCn1c(C)c(C(F)(F)F)c(C(F)(F)F)c1[C@@H]1CCCN(C(=O)C[C@@H](Cc2ccc(Br)cc2)NC(=O)OC(C)(C)C)C1. The monoisotopic (exact) mass is 711 g/mol. The number of amides is 2. The highest BCUT2D eigenvalue weighted by molar-refractivity contribution is 9.10. The van der Waals surface area contributed by atoms with Gasteiger partial charge in [-0.15, -0.1) is 0 Å². The average molecular weight is 713 g/mol. The van der Waals surface area contributed by atoms with Crippen LogP contribution in [0.3, 0.4) is 0 Å². The predicted octanol–water partition coefficient (Wildman–Crippen LogP) is 7.87. The molecule has 3 rings (SSSR count). The van der Waals surface area contributed by atoms with Crippen LogP contribution in [0.5, 0.6) is 0 Å². The third kappa shape index (κ3) is 10.1. The molecule has 0 unspecified atom stereocenters. The number of nitrogens with one attached hydrogen (secondary N) is 1. The Kier molecular flexibility index (Phi) is 12.1. The summed E-state index contributed by atoms with van der Waals surface area (Å²) in [7, 11) is 1.40. The van der Waals surface area contributed by atoms with Crippen LogP contribution in [0.2, 0.25) is 0 Å². The molecule has 2 amide bonds. The molecular weight excluding hydrogens is 672 g/mol. The Labute approximate surface area is 267 Å². The zero-order chi connectivity index (χ0) is 33.7. The number of rotatable bonds is 10. The van der Waals surface area contributed by atoms with E-state index in [1.165, 1.54) is 12.0 Å². The van der Waals surface area contributed by atoms with Crippen molar-refractivity contribution in [1.29, 1.82) is 0 Å². The number of carbonyl (C=O) groups is 2. The van der Waals surface area contributed by atoms with Crippen LogP contribution in [0.15, 0.2) is 28.7 Å². The van der Waals surface area contributed by atoms with Crippen LogP contribution < -0.4 is 5.32 Å². The second kappa shape index (κ2) is 14.8. The van der Waals surface area contributed by atoms with E-state index in [1.807, 2.05) is 24.3 Å². The molecular formula is C31H40BrF6N3O4. The first-order valence-electron chi connectivity index (χ1n) is 14.7. The average Bonchev–Trinajstić information content (AvgIpc) is 3.22. The maximum Gasteiger partial charge on any atom is 0.418 e. The summed E-state index contributed by atoms with van der Waals surface area (Å²) in [6, 6.07) is 6.57. The van der Waals surface area contributed by atoms with Crippen molar-refractivity contribution in [2.75, 3.05) is 26.8 Å². The third-order valence-corrected chi connectivity index (χ3v) is 8.09. The molecule has 0 spiro atoms. The number of carbonyl (C=O) groups excluding carboxylic acids is 2. The van der Waals surface area contributed by atoms with E-state index in [0.29, 0.717) is 6.42 Å². The summed E-state index contributed by atoms with van der Waals surface area (Å²) in [4.78, 5) is 27.6. The van der Waals surface area contributed by atoms with Gasteiger partial charge >= 0.3 is 18.4 Å². The lowest BCUT2D eigenvalue weighted by molar-refractivity contribution is -0.162. The molecule has 1 aromatic carbocycles. The number of alkyl carbamates (subject to hydrolysis) is 1. The maximum absolute atomic E-state index is 14.4. The fourth-order valence-electron chi connectivity index (χ4n) is 5.79. The summed E-state index contributed by atoms with van der Waals surface area (Å²) >= 11 is 3.37. The van der Waals surface area contributed by atoms with Crippen LogP contribution in [-0.2, 0) is 39.6 Å². The Balaban J connectivity index is 1.93. The Morgan fingerprint density at radius 1 is 1.04 bits per heavy atom. The Morgan fingerprint density at radius 2 is 1.67 bits per heavy atom. The third-order valence-electron chi connectivity index (χ3n) is 7.56. The molecule has 0 radical (unpaired) electrons. The lowest BCUT2D eigenvalue weighted by Gasteiger charge is -2.35. The van der Waals surface area contributed by atoms with Crippen molar-refractivity contribution in [3.05, 3.63) is 56.8 Å². The molecule has 0 saturated carbocycles. The smallest absolute Gasteiger partial charge is 0.418 e. The van der Waals surface area contributed by atoms with Crippen LogP contribution in [0.25, 0.3) is 0 Å². The number of likely N-dealkylation sites (tertiary alicyclic amines) is 1. The van der Waals surface area contributed by atoms with Gasteiger partial charge < -0.3 is 24.3 Å². The first kappa shape index (κ1) is 36.7. The lowest BCUT2D eigenvalue weighted by Crippen LogP contribution is -2.46. The van der Waals surface area contributed by atoms with E-state index >= 15 is 0 Å². The van der Waals surface area contributed by atoms with Gasteiger partial charge in [-0.1, -0.05) is 28.1 Å². The summed E-state index contributed by atoms with van der Waals surface area (Å²) < 4.78 is 97.8. The fourth-order valence-corrected chi connectivity index (χ4v) is 6.06. The van der Waals surface area contributed by atoms with Gasteiger partial charge in [0.05, 0.1) is 11.1 Å². The van der Waals surface area contributed by atoms with Crippen molar-refractivity contribution in [2.45, 2.75) is 96.3 Å².